The first-order valence-electron chi connectivity index (χ1n) is 11.8. The molecule has 0 spiro atoms. The molecule has 0 saturated carbocycles. The maximum Gasteiger partial charge on any atom is 0.255 e. The maximum absolute atomic E-state index is 14.0. The van der Waals surface area contributed by atoms with Crippen LogP contribution in [0.1, 0.15) is 24.1 Å². The van der Waals surface area contributed by atoms with Crippen molar-refractivity contribution < 1.29 is 28.1 Å². The number of rotatable bonds is 9. The standard InChI is InChI=1S/C28H27ClFN3O5S/c1-15-25(27(34)32-20-13-22(35-2)18(29)12-23(20)36-3)26(33-28(39)31-15)16-9-10-21(24(11-16)37-4)38-14-17-7-5-6-8-19(17)30/h5-13,26H,14H2,1-4H3,(H,32,34)(H2,31,33,39). The van der Waals surface area contributed by atoms with E-state index in [1.54, 1.807) is 55.5 Å². The van der Waals surface area contributed by atoms with Crippen LogP contribution in [0.15, 0.2) is 65.9 Å². The van der Waals surface area contributed by atoms with Gasteiger partial charge in [-0.05, 0) is 42.9 Å². The van der Waals surface area contributed by atoms with Crippen molar-refractivity contribution in [1.82, 2.24) is 10.6 Å². The third-order valence-corrected chi connectivity index (χ3v) is 6.61. The van der Waals surface area contributed by atoms with E-state index in [2.05, 4.69) is 16.0 Å². The summed E-state index contributed by atoms with van der Waals surface area (Å²) in [6.45, 7) is 1.79. The minimum absolute atomic E-state index is 0.0249. The normalized spacial score (nSPS) is 14.7. The monoisotopic (exact) mass is 571 g/mol. The molecule has 0 saturated heterocycles. The molecule has 204 valence electrons. The van der Waals surface area contributed by atoms with E-state index in [0.717, 1.165) is 0 Å². The SMILES string of the molecule is COc1cc(NC(=O)C2=C(C)NC(=S)NC2c2ccc(OCc3ccccc3F)c(OC)c2)c(OC)cc1Cl. The highest BCUT2D eigenvalue weighted by atomic mass is 35.5. The molecule has 1 aliphatic heterocycles. The van der Waals surface area contributed by atoms with Crippen molar-refractivity contribution in [2.24, 2.45) is 0 Å². The van der Waals surface area contributed by atoms with Gasteiger partial charge in [0.25, 0.3) is 5.91 Å². The van der Waals surface area contributed by atoms with Crippen LogP contribution < -0.4 is 34.9 Å². The molecule has 0 aliphatic carbocycles. The van der Waals surface area contributed by atoms with Gasteiger partial charge in [-0.1, -0.05) is 35.9 Å². The number of nitrogens with one attached hydrogen (secondary N) is 3. The molecule has 3 aromatic rings. The van der Waals surface area contributed by atoms with Crippen molar-refractivity contribution in [3.8, 4) is 23.0 Å². The average Bonchev–Trinajstić information content (AvgIpc) is 2.92. The summed E-state index contributed by atoms with van der Waals surface area (Å²) in [5.74, 6) is 0.830. The van der Waals surface area contributed by atoms with Crippen LogP contribution in [0.4, 0.5) is 10.1 Å². The van der Waals surface area contributed by atoms with Gasteiger partial charge >= 0.3 is 0 Å². The Kier molecular flexibility index (Phi) is 8.78. The number of anilines is 1. The van der Waals surface area contributed by atoms with Gasteiger partial charge in [-0.15, -0.1) is 0 Å². The number of allylic oxidation sites excluding steroid dienone is 1. The lowest BCUT2D eigenvalue weighted by molar-refractivity contribution is -0.113. The molecule has 0 bridgehead atoms. The van der Waals surface area contributed by atoms with Crippen LogP contribution in [-0.4, -0.2) is 32.3 Å². The molecule has 39 heavy (non-hydrogen) atoms. The third kappa shape index (κ3) is 6.18. The summed E-state index contributed by atoms with van der Waals surface area (Å²) in [5.41, 5.74) is 2.45. The first kappa shape index (κ1) is 28.0. The summed E-state index contributed by atoms with van der Waals surface area (Å²) in [5, 5.41) is 9.76. The number of methoxy groups -OCH3 is 3. The highest BCUT2D eigenvalue weighted by Gasteiger charge is 2.31. The Bertz CT molecular complexity index is 1450. The summed E-state index contributed by atoms with van der Waals surface area (Å²) in [6, 6.07) is 14.2. The van der Waals surface area contributed by atoms with Crippen molar-refractivity contribution in [3.63, 3.8) is 0 Å². The number of halogens is 2. The van der Waals surface area contributed by atoms with Gasteiger partial charge in [0.15, 0.2) is 16.6 Å². The van der Waals surface area contributed by atoms with Crippen LogP contribution in [0.2, 0.25) is 5.02 Å². The van der Waals surface area contributed by atoms with Gasteiger partial charge in [-0.3, -0.25) is 4.79 Å². The van der Waals surface area contributed by atoms with Gasteiger partial charge in [0.1, 0.15) is 23.9 Å². The predicted molar refractivity (Wildman–Crippen MR) is 151 cm³/mol. The fraction of sp³-hybridized carbons (Fsp3) is 0.214. The molecule has 1 aliphatic rings. The molecule has 11 heteroatoms. The Labute approximate surface area is 236 Å². The fourth-order valence-electron chi connectivity index (χ4n) is 4.15. The van der Waals surface area contributed by atoms with Crippen molar-refractivity contribution in [1.29, 1.82) is 0 Å². The number of carbonyl (C=O) groups is 1. The van der Waals surface area contributed by atoms with E-state index in [1.807, 2.05) is 0 Å². The molecule has 0 fully saturated rings. The molecule has 0 aromatic heterocycles. The molecule has 1 amide bonds. The van der Waals surface area contributed by atoms with Crippen molar-refractivity contribution >= 4 is 40.5 Å². The molecule has 3 N–H and O–H groups in total. The molecular weight excluding hydrogens is 545 g/mol. The van der Waals surface area contributed by atoms with Gasteiger partial charge in [0.05, 0.1) is 43.7 Å². The summed E-state index contributed by atoms with van der Waals surface area (Å²) in [6.07, 6.45) is 0. The summed E-state index contributed by atoms with van der Waals surface area (Å²) >= 11 is 11.6. The smallest absolute Gasteiger partial charge is 0.255 e. The highest BCUT2D eigenvalue weighted by Crippen LogP contribution is 2.38. The van der Waals surface area contributed by atoms with E-state index >= 15 is 0 Å². The first-order chi connectivity index (χ1) is 18.7. The Morgan fingerprint density at radius 1 is 1.00 bits per heavy atom. The van der Waals surface area contributed by atoms with E-state index in [0.29, 0.717) is 61.2 Å². The van der Waals surface area contributed by atoms with Crippen LogP contribution >= 0.6 is 23.8 Å². The van der Waals surface area contributed by atoms with Crippen LogP contribution in [0.5, 0.6) is 23.0 Å². The lowest BCUT2D eigenvalue weighted by atomic mass is 9.94. The minimum Gasteiger partial charge on any atom is -0.495 e. The fourth-order valence-corrected chi connectivity index (χ4v) is 4.65. The average molecular weight is 572 g/mol. The second kappa shape index (κ2) is 12.2. The Morgan fingerprint density at radius 3 is 2.41 bits per heavy atom. The number of hydrogen-bond acceptors (Lipinski definition) is 6. The van der Waals surface area contributed by atoms with Crippen LogP contribution in [0.3, 0.4) is 0 Å². The molecule has 1 heterocycles. The summed E-state index contributed by atoms with van der Waals surface area (Å²) in [7, 11) is 4.46. The molecule has 3 aromatic carbocycles. The first-order valence-corrected chi connectivity index (χ1v) is 12.6. The van der Waals surface area contributed by atoms with Gasteiger partial charge in [-0.2, -0.15) is 0 Å². The lowest BCUT2D eigenvalue weighted by Crippen LogP contribution is -2.45. The van der Waals surface area contributed by atoms with E-state index in [1.165, 1.54) is 27.4 Å². The Balaban J connectivity index is 1.63. The Morgan fingerprint density at radius 2 is 1.72 bits per heavy atom. The number of amides is 1. The largest absolute Gasteiger partial charge is 0.495 e. The zero-order valence-electron chi connectivity index (χ0n) is 21.7. The summed E-state index contributed by atoms with van der Waals surface area (Å²) in [4.78, 5) is 13.6. The molecular formula is C28H27ClFN3O5S. The van der Waals surface area contributed by atoms with E-state index in [4.69, 9.17) is 42.8 Å². The summed E-state index contributed by atoms with van der Waals surface area (Å²) < 4.78 is 36.1. The highest BCUT2D eigenvalue weighted by molar-refractivity contribution is 7.80. The molecule has 4 rings (SSSR count). The lowest BCUT2D eigenvalue weighted by Gasteiger charge is -2.31. The number of carbonyl (C=O) groups excluding carboxylic acids is 1. The molecule has 1 unspecified atom stereocenters. The molecule has 8 nitrogen and oxygen atoms in total. The van der Waals surface area contributed by atoms with Gasteiger partial charge in [0, 0.05) is 23.4 Å². The number of ether oxygens (including phenoxy) is 4. The second-order valence-electron chi connectivity index (χ2n) is 8.50. The zero-order chi connectivity index (χ0) is 28.1. The topological polar surface area (TPSA) is 90.1 Å². The van der Waals surface area contributed by atoms with Crippen molar-refractivity contribution in [2.45, 2.75) is 19.6 Å². The van der Waals surface area contributed by atoms with Gasteiger partial charge in [-0.25, -0.2) is 4.39 Å². The van der Waals surface area contributed by atoms with Crippen molar-refractivity contribution in [3.05, 3.63) is 87.8 Å². The van der Waals surface area contributed by atoms with Crippen LogP contribution in [0, 0.1) is 5.82 Å². The zero-order valence-corrected chi connectivity index (χ0v) is 23.3. The Hall–Kier alpha value is -4.02. The van der Waals surface area contributed by atoms with E-state index < -0.39 is 11.9 Å². The minimum atomic E-state index is -0.617. The van der Waals surface area contributed by atoms with Crippen molar-refractivity contribution in [2.75, 3.05) is 26.6 Å². The van der Waals surface area contributed by atoms with Gasteiger partial charge < -0.3 is 34.9 Å². The number of benzene rings is 3. The molecule has 1 atom stereocenters. The van der Waals surface area contributed by atoms with E-state index in [-0.39, 0.29) is 12.4 Å². The predicted octanol–water partition coefficient (Wildman–Crippen LogP) is 5.52. The van der Waals surface area contributed by atoms with E-state index in [9.17, 15) is 9.18 Å². The number of hydrogen-bond donors (Lipinski definition) is 3. The molecule has 0 radical (unpaired) electrons. The van der Waals surface area contributed by atoms with Crippen LogP contribution in [0.25, 0.3) is 0 Å². The van der Waals surface area contributed by atoms with Gasteiger partial charge in [0.2, 0.25) is 0 Å². The second-order valence-corrected chi connectivity index (χ2v) is 9.32. The number of thiocarbonyl (C=S) groups is 1. The third-order valence-electron chi connectivity index (χ3n) is 6.10. The quantitative estimate of drug-likeness (QED) is 0.290. The maximum atomic E-state index is 14.0. The van der Waals surface area contributed by atoms with Crippen LogP contribution in [-0.2, 0) is 11.4 Å².